The second kappa shape index (κ2) is 5.64. The van der Waals surface area contributed by atoms with E-state index in [0.717, 1.165) is 19.5 Å². The Kier molecular flexibility index (Phi) is 4.77. The van der Waals surface area contributed by atoms with Gasteiger partial charge in [0.05, 0.1) is 0 Å². The molecule has 0 aliphatic rings. The van der Waals surface area contributed by atoms with E-state index >= 15 is 0 Å². The number of rotatable bonds is 6. The Balaban J connectivity index is 2.36. The number of hydrogen-bond acceptors (Lipinski definition) is 3. The Morgan fingerprint density at radius 1 is 1.53 bits per heavy atom. The second-order valence-electron chi connectivity index (χ2n) is 4.45. The van der Waals surface area contributed by atoms with Gasteiger partial charge in [-0.15, -0.1) is 11.3 Å². The molecule has 0 saturated carbocycles. The monoisotopic (exact) mass is 227 g/mol. The number of aliphatic hydroxyl groups excluding tert-OH is 1. The van der Waals surface area contributed by atoms with E-state index in [-0.39, 0.29) is 12.0 Å². The Morgan fingerprint density at radius 3 is 2.73 bits per heavy atom. The van der Waals surface area contributed by atoms with Crippen molar-refractivity contribution in [2.75, 3.05) is 13.2 Å². The quantitative estimate of drug-likeness (QED) is 0.783. The lowest BCUT2D eigenvalue weighted by Crippen LogP contribution is -2.34. The standard InChI is InChI=1S/C12H21NOS/c1-4-12(3,9-14)8-13-7-11-10(2)5-6-15-11/h5-6,13-14H,4,7-9H2,1-3H3. The van der Waals surface area contributed by atoms with Gasteiger partial charge in [-0.25, -0.2) is 0 Å². The molecule has 0 aliphatic heterocycles. The van der Waals surface area contributed by atoms with Gasteiger partial charge >= 0.3 is 0 Å². The van der Waals surface area contributed by atoms with Crippen LogP contribution in [-0.2, 0) is 6.54 Å². The van der Waals surface area contributed by atoms with Crippen LogP contribution >= 0.6 is 11.3 Å². The molecule has 1 rings (SSSR count). The van der Waals surface area contributed by atoms with Crippen molar-refractivity contribution in [3.8, 4) is 0 Å². The van der Waals surface area contributed by atoms with Gasteiger partial charge in [-0.05, 0) is 30.4 Å². The molecule has 2 nitrogen and oxygen atoms in total. The van der Waals surface area contributed by atoms with E-state index in [1.54, 1.807) is 11.3 Å². The van der Waals surface area contributed by atoms with Crippen molar-refractivity contribution in [1.29, 1.82) is 0 Å². The van der Waals surface area contributed by atoms with Crippen LogP contribution in [0.25, 0.3) is 0 Å². The van der Waals surface area contributed by atoms with Crippen molar-refractivity contribution >= 4 is 11.3 Å². The minimum Gasteiger partial charge on any atom is -0.396 e. The summed E-state index contributed by atoms with van der Waals surface area (Å²) in [5.74, 6) is 0. The van der Waals surface area contributed by atoms with Crippen LogP contribution in [0.15, 0.2) is 11.4 Å². The van der Waals surface area contributed by atoms with E-state index < -0.39 is 0 Å². The highest BCUT2D eigenvalue weighted by atomic mass is 32.1. The summed E-state index contributed by atoms with van der Waals surface area (Å²) in [7, 11) is 0. The Hall–Kier alpha value is -0.380. The normalized spacial score (nSPS) is 15.2. The maximum Gasteiger partial charge on any atom is 0.0496 e. The SMILES string of the molecule is CCC(C)(CO)CNCc1sccc1C. The third-order valence-corrected chi connectivity index (χ3v) is 4.06. The number of thiophene rings is 1. The molecule has 1 unspecified atom stereocenters. The van der Waals surface area contributed by atoms with Crippen molar-refractivity contribution in [2.45, 2.75) is 33.7 Å². The van der Waals surface area contributed by atoms with Gasteiger partial charge in [0.15, 0.2) is 0 Å². The molecule has 1 atom stereocenters. The van der Waals surface area contributed by atoms with Gasteiger partial charge in [-0.3, -0.25) is 0 Å². The van der Waals surface area contributed by atoms with Gasteiger partial charge in [-0.1, -0.05) is 13.8 Å². The maximum absolute atomic E-state index is 9.26. The molecule has 1 heterocycles. The average molecular weight is 227 g/mol. The highest BCUT2D eigenvalue weighted by molar-refractivity contribution is 7.10. The first kappa shape index (κ1) is 12.7. The van der Waals surface area contributed by atoms with Crippen LogP contribution in [0.2, 0.25) is 0 Å². The Labute approximate surface area is 96.3 Å². The topological polar surface area (TPSA) is 32.3 Å². The third-order valence-electron chi connectivity index (χ3n) is 3.04. The Morgan fingerprint density at radius 2 is 2.27 bits per heavy atom. The zero-order valence-corrected chi connectivity index (χ0v) is 10.7. The van der Waals surface area contributed by atoms with E-state index in [4.69, 9.17) is 0 Å². The van der Waals surface area contributed by atoms with Crippen molar-refractivity contribution in [2.24, 2.45) is 5.41 Å². The van der Waals surface area contributed by atoms with E-state index in [1.165, 1.54) is 10.4 Å². The largest absolute Gasteiger partial charge is 0.396 e. The molecule has 0 radical (unpaired) electrons. The molecule has 0 aromatic carbocycles. The number of aryl methyl sites for hydroxylation is 1. The van der Waals surface area contributed by atoms with Gasteiger partial charge in [0.1, 0.15) is 0 Å². The maximum atomic E-state index is 9.26. The number of hydrogen-bond donors (Lipinski definition) is 2. The van der Waals surface area contributed by atoms with E-state index in [0.29, 0.717) is 0 Å². The fourth-order valence-corrected chi connectivity index (χ4v) is 2.23. The molecule has 0 amide bonds. The molecule has 1 aromatic rings. The van der Waals surface area contributed by atoms with Crippen LogP contribution in [0.3, 0.4) is 0 Å². The lowest BCUT2D eigenvalue weighted by molar-refractivity contribution is 0.135. The minimum absolute atomic E-state index is 0.0190. The van der Waals surface area contributed by atoms with Crippen LogP contribution in [0, 0.1) is 12.3 Å². The molecule has 0 saturated heterocycles. The van der Waals surface area contributed by atoms with Crippen LogP contribution < -0.4 is 5.32 Å². The molecular weight excluding hydrogens is 206 g/mol. The van der Waals surface area contributed by atoms with Gasteiger partial charge in [-0.2, -0.15) is 0 Å². The summed E-state index contributed by atoms with van der Waals surface area (Å²) >= 11 is 1.79. The molecule has 15 heavy (non-hydrogen) atoms. The third kappa shape index (κ3) is 3.59. The van der Waals surface area contributed by atoms with Crippen molar-refractivity contribution < 1.29 is 5.11 Å². The molecule has 0 fully saturated rings. The minimum atomic E-state index is 0.0190. The van der Waals surface area contributed by atoms with E-state index in [2.05, 4.69) is 37.5 Å². The lowest BCUT2D eigenvalue weighted by atomic mass is 9.89. The molecule has 2 N–H and O–H groups in total. The second-order valence-corrected chi connectivity index (χ2v) is 5.45. The first-order valence-corrected chi connectivity index (χ1v) is 6.34. The van der Waals surface area contributed by atoms with Gasteiger partial charge < -0.3 is 10.4 Å². The van der Waals surface area contributed by atoms with E-state index in [9.17, 15) is 5.11 Å². The van der Waals surface area contributed by atoms with E-state index in [1.807, 2.05) is 0 Å². The zero-order valence-electron chi connectivity index (χ0n) is 9.84. The van der Waals surface area contributed by atoms with Crippen LogP contribution in [0.1, 0.15) is 30.7 Å². The number of aliphatic hydroxyl groups is 1. The Bertz CT molecular complexity index is 292. The molecule has 0 spiro atoms. The average Bonchev–Trinajstić information content (AvgIpc) is 2.64. The first-order valence-electron chi connectivity index (χ1n) is 5.46. The van der Waals surface area contributed by atoms with Crippen molar-refractivity contribution in [1.82, 2.24) is 5.32 Å². The van der Waals surface area contributed by atoms with Crippen molar-refractivity contribution in [3.63, 3.8) is 0 Å². The smallest absolute Gasteiger partial charge is 0.0496 e. The van der Waals surface area contributed by atoms with Gasteiger partial charge in [0.2, 0.25) is 0 Å². The number of nitrogens with one attached hydrogen (secondary N) is 1. The lowest BCUT2D eigenvalue weighted by Gasteiger charge is -2.25. The fourth-order valence-electron chi connectivity index (χ4n) is 1.36. The van der Waals surface area contributed by atoms with Gasteiger partial charge in [0.25, 0.3) is 0 Å². The van der Waals surface area contributed by atoms with Crippen LogP contribution in [0.4, 0.5) is 0 Å². The molecule has 0 aliphatic carbocycles. The first-order chi connectivity index (χ1) is 7.11. The van der Waals surface area contributed by atoms with Gasteiger partial charge in [0, 0.05) is 30.0 Å². The van der Waals surface area contributed by atoms with Crippen LogP contribution in [-0.4, -0.2) is 18.3 Å². The predicted octanol–water partition coefficient (Wildman–Crippen LogP) is 2.55. The summed E-state index contributed by atoms with van der Waals surface area (Å²) in [6, 6.07) is 2.15. The highest BCUT2D eigenvalue weighted by Gasteiger charge is 2.20. The molecular formula is C12H21NOS. The molecule has 86 valence electrons. The summed E-state index contributed by atoms with van der Waals surface area (Å²) < 4.78 is 0. The van der Waals surface area contributed by atoms with Crippen molar-refractivity contribution in [3.05, 3.63) is 21.9 Å². The molecule has 3 heteroatoms. The molecule has 1 aromatic heterocycles. The summed E-state index contributed by atoms with van der Waals surface area (Å²) in [4.78, 5) is 1.39. The fraction of sp³-hybridized carbons (Fsp3) is 0.667. The zero-order chi connectivity index (χ0) is 11.3. The predicted molar refractivity (Wildman–Crippen MR) is 66.2 cm³/mol. The molecule has 0 bridgehead atoms. The summed E-state index contributed by atoms with van der Waals surface area (Å²) in [5, 5.41) is 14.8. The summed E-state index contributed by atoms with van der Waals surface area (Å²) in [5.41, 5.74) is 1.38. The van der Waals surface area contributed by atoms with Crippen LogP contribution in [0.5, 0.6) is 0 Å². The summed E-state index contributed by atoms with van der Waals surface area (Å²) in [6.07, 6.45) is 1.000. The highest BCUT2D eigenvalue weighted by Crippen LogP contribution is 2.20. The summed E-state index contributed by atoms with van der Waals surface area (Å²) in [6.45, 7) is 8.41.